The lowest BCUT2D eigenvalue weighted by Gasteiger charge is -2.34. The molecule has 1 aliphatic heterocycles. The smallest absolute Gasteiger partial charge is 0.268 e. The van der Waals surface area contributed by atoms with E-state index in [0.29, 0.717) is 24.4 Å². The van der Waals surface area contributed by atoms with Crippen LogP contribution in [0.1, 0.15) is 11.1 Å². The van der Waals surface area contributed by atoms with E-state index in [4.69, 9.17) is 4.74 Å². The van der Waals surface area contributed by atoms with Crippen molar-refractivity contribution in [2.24, 2.45) is 0 Å². The number of benzene rings is 2. The van der Waals surface area contributed by atoms with Gasteiger partial charge in [-0.25, -0.2) is 0 Å². The average molecular weight is 309 g/mol. The van der Waals surface area contributed by atoms with Crippen molar-refractivity contribution in [1.29, 1.82) is 0 Å². The molecular weight excluding hydrogens is 290 g/mol. The second kappa shape index (κ2) is 6.16. The number of aromatic hydroxyl groups is 1. The number of phenols is 1. The Labute approximate surface area is 135 Å². The van der Waals surface area contributed by atoms with Crippen LogP contribution in [-0.2, 0) is 11.2 Å². The summed E-state index contributed by atoms with van der Waals surface area (Å²) in [6.07, 6.45) is 1.57. The zero-order valence-corrected chi connectivity index (χ0v) is 13.0. The average Bonchev–Trinajstić information content (AvgIpc) is 2.51. The lowest BCUT2D eigenvalue weighted by molar-refractivity contribution is -0.126. The van der Waals surface area contributed by atoms with Crippen LogP contribution in [0.3, 0.4) is 0 Å². The monoisotopic (exact) mass is 309 g/mol. The fraction of sp³-hybridized carbons (Fsp3) is 0.211. The lowest BCUT2D eigenvalue weighted by atomic mass is 10.0. The van der Waals surface area contributed by atoms with E-state index in [9.17, 15) is 9.90 Å². The summed E-state index contributed by atoms with van der Waals surface area (Å²) in [6.45, 7) is 6.14. The van der Waals surface area contributed by atoms with E-state index in [1.165, 1.54) is 0 Å². The summed E-state index contributed by atoms with van der Waals surface area (Å²) in [7, 11) is 0. The number of nitrogens with zero attached hydrogens (tertiary/aromatic N) is 1. The number of rotatable bonds is 4. The summed E-state index contributed by atoms with van der Waals surface area (Å²) < 4.78 is 5.86. The maximum absolute atomic E-state index is 12.7. The van der Waals surface area contributed by atoms with Crippen LogP contribution < -0.4 is 9.64 Å². The molecule has 23 heavy (non-hydrogen) atoms. The Bertz CT molecular complexity index is 754. The molecular formula is C19H19NO3. The molecule has 1 heterocycles. The van der Waals surface area contributed by atoms with Crippen molar-refractivity contribution in [3.8, 4) is 11.5 Å². The van der Waals surface area contributed by atoms with E-state index in [2.05, 4.69) is 6.58 Å². The number of hydrogen-bond donors (Lipinski definition) is 1. The first-order valence-corrected chi connectivity index (χ1v) is 7.56. The number of anilines is 1. The van der Waals surface area contributed by atoms with Crippen molar-refractivity contribution in [2.45, 2.75) is 19.4 Å². The van der Waals surface area contributed by atoms with Crippen molar-refractivity contribution >= 4 is 11.6 Å². The molecule has 0 radical (unpaired) electrons. The predicted molar refractivity (Wildman–Crippen MR) is 90.0 cm³/mol. The van der Waals surface area contributed by atoms with Crippen molar-refractivity contribution in [3.63, 3.8) is 0 Å². The number of carbonyl (C=O) groups is 1. The van der Waals surface area contributed by atoms with Gasteiger partial charge in [-0.1, -0.05) is 35.9 Å². The van der Waals surface area contributed by atoms with Gasteiger partial charge in [0.15, 0.2) is 6.10 Å². The van der Waals surface area contributed by atoms with Gasteiger partial charge in [-0.15, -0.1) is 6.58 Å². The predicted octanol–water partition coefficient (Wildman–Crippen LogP) is 3.22. The standard InChI is InChI=1S/C19H19NO3/c1-3-9-20-16-8-7-15(21)12-17(16)23-18(19(20)22)11-14-6-4-5-13(2)10-14/h3-8,10,12,18,21H,1,9,11H2,2H3. The Morgan fingerprint density at radius 1 is 1.30 bits per heavy atom. The number of fused-ring (bicyclic) bond motifs is 1. The minimum Gasteiger partial charge on any atom is -0.508 e. The molecule has 1 amide bonds. The van der Waals surface area contributed by atoms with Crippen LogP contribution in [-0.4, -0.2) is 23.7 Å². The Balaban J connectivity index is 1.93. The van der Waals surface area contributed by atoms with Crippen LogP contribution in [0.5, 0.6) is 11.5 Å². The number of phenolic OH excluding ortho intramolecular Hbond substituents is 1. The Morgan fingerprint density at radius 2 is 2.13 bits per heavy atom. The van der Waals surface area contributed by atoms with E-state index in [-0.39, 0.29) is 11.7 Å². The van der Waals surface area contributed by atoms with Gasteiger partial charge in [0.1, 0.15) is 11.5 Å². The van der Waals surface area contributed by atoms with Crippen LogP contribution in [0.15, 0.2) is 55.1 Å². The van der Waals surface area contributed by atoms with Gasteiger partial charge >= 0.3 is 0 Å². The van der Waals surface area contributed by atoms with Gasteiger partial charge in [-0.3, -0.25) is 4.79 Å². The van der Waals surface area contributed by atoms with Crippen molar-refractivity contribution in [3.05, 3.63) is 66.2 Å². The first kappa shape index (κ1) is 15.2. The SMILES string of the molecule is C=CCN1C(=O)C(Cc2cccc(C)c2)Oc2cc(O)ccc21. The van der Waals surface area contributed by atoms with Crippen LogP contribution in [0.25, 0.3) is 0 Å². The molecule has 1 N–H and O–H groups in total. The van der Waals surface area contributed by atoms with E-state index in [1.807, 2.05) is 31.2 Å². The van der Waals surface area contributed by atoms with Gasteiger partial charge in [0.05, 0.1) is 5.69 Å². The summed E-state index contributed by atoms with van der Waals surface area (Å²) in [4.78, 5) is 14.4. The first-order chi connectivity index (χ1) is 11.1. The summed E-state index contributed by atoms with van der Waals surface area (Å²) >= 11 is 0. The molecule has 1 atom stereocenters. The van der Waals surface area contributed by atoms with Gasteiger partial charge in [0.25, 0.3) is 5.91 Å². The molecule has 0 saturated heterocycles. The molecule has 4 nitrogen and oxygen atoms in total. The number of ether oxygens (including phenoxy) is 1. The zero-order chi connectivity index (χ0) is 16.4. The highest BCUT2D eigenvalue weighted by molar-refractivity contribution is 6.00. The summed E-state index contributed by atoms with van der Waals surface area (Å²) in [5.74, 6) is 0.541. The van der Waals surface area contributed by atoms with E-state index < -0.39 is 6.10 Å². The molecule has 3 rings (SSSR count). The topological polar surface area (TPSA) is 49.8 Å². The van der Waals surface area contributed by atoms with Gasteiger partial charge in [0.2, 0.25) is 0 Å². The normalized spacial score (nSPS) is 16.7. The molecule has 0 spiro atoms. The summed E-state index contributed by atoms with van der Waals surface area (Å²) in [6, 6.07) is 12.8. The molecule has 0 fully saturated rings. The maximum atomic E-state index is 12.7. The van der Waals surface area contributed by atoms with Crippen LogP contribution in [0, 0.1) is 6.92 Å². The van der Waals surface area contributed by atoms with Crippen LogP contribution >= 0.6 is 0 Å². The minimum absolute atomic E-state index is 0.0930. The number of carbonyl (C=O) groups excluding carboxylic acids is 1. The molecule has 0 aromatic heterocycles. The third kappa shape index (κ3) is 3.06. The van der Waals surface area contributed by atoms with E-state index in [1.54, 1.807) is 29.2 Å². The third-order valence-electron chi connectivity index (χ3n) is 3.86. The van der Waals surface area contributed by atoms with Gasteiger partial charge in [0, 0.05) is 19.0 Å². The minimum atomic E-state index is -0.606. The first-order valence-electron chi connectivity index (χ1n) is 7.56. The third-order valence-corrected chi connectivity index (χ3v) is 3.86. The van der Waals surface area contributed by atoms with Crippen LogP contribution in [0.4, 0.5) is 5.69 Å². The Kier molecular flexibility index (Phi) is 4.06. The fourth-order valence-corrected chi connectivity index (χ4v) is 2.82. The number of aryl methyl sites for hydroxylation is 1. The molecule has 0 bridgehead atoms. The van der Waals surface area contributed by atoms with E-state index in [0.717, 1.165) is 11.1 Å². The number of hydrogen-bond acceptors (Lipinski definition) is 3. The van der Waals surface area contributed by atoms with Crippen molar-refractivity contribution in [1.82, 2.24) is 0 Å². The Morgan fingerprint density at radius 3 is 2.87 bits per heavy atom. The zero-order valence-electron chi connectivity index (χ0n) is 13.0. The molecule has 2 aromatic rings. The fourth-order valence-electron chi connectivity index (χ4n) is 2.82. The molecule has 0 aliphatic carbocycles. The largest absolute Gasteiger partial charge is 0.508 e. The molecule has 1 unspecified atom stereocenters. The summed E-state index contributed by atoms with van der Waals surface area (Å²) in [5, 5.41) is 9.68. The molecule has 118 valence electrons. The second-order valence-corrected chi connectivity index (χ2v) is 5.69. The second-order valence-electron chi connectivity index (χ2n) is 5.69. The summed E-state index contributed by atoms with van der Waals surface area (Å²) in [5.41, 5.74) is 2.85. The Hall–Kier alpha value is -2.75. The van der Waals surface area contributed by atoms with E-state index >= 15 is 0 Å². The quantitative estimate of drug-likeness (QED) is 0.882. The van der Waals surface area contributed by atoms with Crippen LogP contribution in [0.2, 0.25) is 0 Å². The molecule has 0 saturated carbocycles. The highest BCUT2D eigenvalue weighted by atomic mass is 16.5. The molecule has 2 aromatic carbocycles. The molecule has 1 aliphatic rings. The maximum Gasteiger partial charge on any atom is 0.268 e. The van der Waals surface area contributed by atoms with Crippen molar-refractivity contribution in [2.75, 3.05) is 11.4 Å². The highest BCUT2D eigenvalue weighted by Gasteiger charge is 2.34. The lowest BCUT2D eigenvalue weighted by Crippen LogP contribution is -2.47. The van der Waals surface area contributed by atoms with Gasteiger partial charge in [-0.05, 0) is 24.6 Å². The molecule has 4 heteroatoms. The van der Waals surface area contributed by atoms with Gasteiger partial charge in [-0.2, -0.15) is 0 Å². The van der Waals surface area contributed by atoms with Crippen molar-refractivity contribution < 1.29 is 14.6 Å². The van der Waals surface area contributed by atoms with Gasteiger partial charge < -0.3 is 14.7 Å². The highest BCUT2D eigenvalue weighted by Crippen LogP contribution is 2.37. The number of amides is 1.